The van der Waals surface area contributed by atoms with E-state index >= 15 is 0 Å². The Labute approximate surface area is 236 Å². The van der Waals surface area contributed by atoms with Crippen LogP contribution in [-0.2, 0) is 0 Å². The monoisotopic (exact) mass is 550 g/mol. The van der Waals surface area contributed by atoms with Crippen molar-refractivity contribution < 1.29 is 4.79 Å². The first-order valence-corrected chi connectivity index (χ1v) is 14.0. The Morgan fingerprint density at radius 1 is 0.850 bits per heavy atom. The molecule has 202 valence electrons. The second-order valence-corrected chi connectivity index (χ2v) is 10.4. The van der Waals surface area contributed by atoms with Gasteiger partial charge in [0.25, 0.3) is 0 Å². The Balaban J connectivity index is 1.69. The van der Waals surface area contributed by atoms with E-state index in [1.165, 1.54) is 21.9 Å². The van der Waals surface area contributed by atoms with Crippen LogP contribution in [0.3, 0.4) is 0 Å². The van der Waals surface area contributed by atoms with Gasteiger partial charge < -0.3 is 9.88 Å². The van der Waals surface area contributed by atoms with Crippen LogP contribution in [0.5, 0.6) is 0 Å². The molecule has 0 unspecified atom stereocenters. The van der Waals surface area contributed by atoms with Crippen LogP contribution in [0.15, 0.2) is 100 Å². The average molecular weight is 551 g/mol. The van der Waals surface area contributed by atoms with Crippen molar-refractivity contribution in [2.24, 2.45) is 4.99 Å². The number of hydrogen-bond acceptors (Lipinski definition) is 4. The number of carbonyl (C=O) groups excluding carboxylic acids is 1. The molecule has 2 aromatic heterocycles. The van der Waals surface area contributed by atoms with Crippen LogP contribution < -0.4 is 16.6 Å². The van der Waals surface area contributed by atoms with Crippen LogP contribution in [0.2, 0.25) is 0 Å². The summed E-state index contributed by atoms with van der Waals surface area (Å²) >= 11 is 1.31. The maximum absolute atomic E-state index is 14.2. The average Bonchev–Trinajstić information content (AvgIpc) is 3.34. The Kier molecular flexibility index (Phi) is 7.57. The third kappa shape index (κ3) is 5.55. The van der Waals surface area contributed by atoms with E-state index in [4.69, 9.17) is 4.98 Å². The summed E-state index contributed by atoms with van der Waals surface area (Å²) < 4.78 is 5.00. The number of aryl methyl sites for hydroxylation is 4. The van der Waals surface area contributed by atoms with E-state index in [0.29, 0.717) is 22.2 Å². The number of aromatic nitrogens is 4. The number of rotatable bonds is 5. The van der Waals surface area contributed by atoms with Gasteiger partial charge in [0.1, 0.15) is 0 Å². The highest BCUT2D eigenvalue weighted by Crippen LogP contribution is 2.21. The predicted octanol–water partition coefficient (Wildman–Crippen LogP) is 5.90. The summed E-state index contributed by atoms with van der Waals surface area (Å²) in [5.41, 5.74) is 6.62. The first kappa shape index (κ1) is 27.0. The molecule has 2 amide bonds. The van der Waals surface area contributed by atoms with Gasteiger partial charge >= 0.3 is 11.7 Å². The fraction of sp³-hybridized carbons (Fsp3) is 0.161. The van der Waals surface area contributed by atoms with Crippen LogP contribution >= 0.6 is 11.8 Å². The summed E-state index contributed by atoms with van der Waals surface area (Å²) in [6.45, 7) is 7.95. The Bertz CT molecular complexity index is 1860. The highest BCUT2D eigenvalue weighted by molar-refractivity contribution is 7.98. The van der Waals surface area contributed by atoms with Crippen molar-refractivity contribution in [3.8, 4) is 17.1 Å². The van der Waals surface area contributed by atoms with E-state index in [1.54, 1.807) is 16.7 Å². The Morgan fingerprint density at radius 3 is 2.23 bits per heavy atom. The molecule has 40 heavy (non-hydrogen) atoms. The minimum absolute atomic E-state index is 0.00230. The lowest BCUT2D eigenvalue weighted by molar-refractivity contribution is 0.258. The molecule has 0 fully saturated rings. The van der Waals surface area contributed by atoms with Gasteiger partial charge in [-0.05, 0) is 105 Å². The van der Waals surface area contributed by atoms with Gasteiger partial charge in [0.05, 0.1) is 11.4 Å². The second-order valence-electron chi connectivity index (χ2n) is 9.67. The van der Waals surface area contributed by atoms with Crippen LogP contribution in [0.4, 0.5) is 10.5 Å². The predicted molar refractivity (Wildman–Crippen MR) is 160 cm³/mol. The van der Waals surface area contributed by atoms with Crippen molar-refractivity contribution >= 4 is 23.5 Å². The molecule has 0 saturated heterocycles. The molecule has 3 aromatic carbocycles. The van der Waals surface area contributed by atoms with E-state index < -0.39 is 6.03 Å². The van der Waals surface area contributed by atoms with Crippen molar-refractivity contribution in [3.63, 3.8) is 0 Å². The quantitative estimate of drug-likeness (QED) is 0.276. The number of thioether (sulfide) groups is 1. The molecule has 1 N–H and O–H groups in total. The number of amides is 2. The minimum atomic E-state index is -0.620. The zero-order valence-corrected chi connectivity index (χ0v) is 23.9. The molecule has 0 aliphatic heterocycles. The summed E-state index contributed by atoms with van der Waals surface area (Å²) in [6, 6.07) is 22.2. The van der Waals surface area contributed by atoms with Gasteiger partial charge in [-0.2, -0.15) is 9.98 Å². The van der Waals surface area contributed by atoms with Crippen molar-refractivity contribution in [2.75, 3.05) is 11.6 Å². The van der Waals surface area contributed by atoms with Gasteiger partial charge in [-0.1, -0.05) is 36.0 Å². The third-order valence-corrected chi connectivity index (χ3v) is 7.08. The van der Waals surface area contributed by atoms with Gasteiger partial charge in [-0.15, -0.1) is 0 Å². The molecule has 0 radical (unpaired) electrons. The summed E-state index contributed by atoms with van der Waals surface area (Å²) in [5, 5.41) is 3.20. The number of nitrogens with one attached hydrogen (secondary N) is 1. The molecule has 0 aliphatic rings. The van der Waals surface area contributed by atoms with Crippen LogP contribution in [0.25, 0.3) is 17.1 Å². The van der Waals surface area contributed by atoms with Gasteiger partial charge in [0.2, 0.25) is 5.62 Å². The molecule has 0 bridgehead atoms. The van der Waals surface area contributed by atoms with Crippen LogP contribution in [-0.4, -0.2) is 31.0 Å². The lowest BCUT2D eigenvalue weighted by Crippen LogP contribution is -2.42. The number of anilines is 1. The second kappa shape index (κ2) is 11.2. The highest BCUT2D eigenvalue weighted by Gasteiger charge is 2.17. The maximum Gasteiger partial charge on any atom is 0.348 e. The SMILES string of the molecule is CSc1n/c(=N\C(=O)Nc2cccc(C)c2)n(-c2cccc(C)c2)c(=O)n1-c1ccc(-n2ccc(C)c2)c(C)c1. The van der Waals surface area contributed by atoms with Gasteiger partial charge in [0, 0.05) is 23.8 Å². The molecule has 5 aromatic rings. The standard InChI is InChI=1S/C31H30N6O2S/c1-20-8-6-10-24(16-20)32-29(38)33-28-34-30(40-5)37(31(39)36(28)25-11-7-9-21(2)17-25)26-12-13-27(23(4)18-26)35-15-14-22(3)19-35/h6-19H,1-5H3,(H,32,38)/b33-28+. The van der Waals surface area contributed by atoms with E-state index in [1.807, 2.05) is 94.7 Å². The molecule has 9 heteroatoms. The molecule has 8 nitrogen and oxygen atoms in total. The van der Waals surface area contributed by atoms with Gasteiger partial charge in [0.15, 0.2) is 5.16 Å². The van der Waals surface area contributed by atoms with Crippen LogP contribution in [0.1, 0.15) is 22.3 Å². The van der Waals surface area contributed by atoms with E-state index in [-0.39, 0.29) is 11.3 Å². The summed E-state index contributed by atoms with van der Waals surface area (Å²) in [4.78, 5) is 36.1. The minimum Gasteiger partial charge on any atom is -0.323 e. The number of carbonyl (C=O) groups is 1. The summed E-state index contributed by atoms with van der Waals surface area (Å²) in [7, 11) is 0. The molecule has 0 saturated carbocycles. The largest absolute Gasteiger partial charge is 0.348 e. The number of nitrogens with zero attached hydrogens (tertiary/aromatic N) is 5. The van der Waals surface area contributed by atoms with E-state index in [0.717, 1.165) is 22.4 Å². The van der Waals surface area contributed by atoms with Gasteiger partial charge in [-0.25, -0.2) is 18.7 Å². The van der Waals surface area contributed by atoms with E-state index in [2.05, 4.69) is 27.1 Å². The summed E-state index contributed by atoms with van der Waals surface area (Å²) in [6.07, 6.45) is 5.92. The molecular formula is C31H30N6O2S. The van der Waals surface area contributed by atoms with Crippen molar-refractivity contribution in [1.29, 1.82) is 0 Å². The zero-order valence-electron chi connectivity index (χ0n) is 23.0. The lowest BCUT2D eigenvalue weighted by Gasteiger charge is -2.16. The van der Waals surface area contributed by atoms with Crippen LogP contribution in [0, 0.1) is 27.7 Å². The van der Waals surface area contributed by atoms with Crippen molar-refractivity contribution in [3.05, 3.63) is 124 Å². The number of urea groups is 1. The highest BCUT2D eigenvalue weighted by atomic mass is 32.2. The fourth-order valence-corrected chi connectivity index (χ4v) is 5.10. The van der Waals surface area contributed by atoms with Gasteiger partial charge in [-0.3, -0.25) is 0 Å². The molecule has 2 heterocycles. The lowest BCUT2D eigenvalue weighted by atomic mass is 10.1. The topological polar surface area (TPSA) is 86.2 Å². The molecule has 0 spiro atoms. The molecule has 0 atom stereocenters. The first-order chi connectivity index (χ1) is 19.2. The molecule has 5 rings (SSSR count). The molecular weight excluding hydrogens is 520 g/mol. The zero-order chi connectivity index (χ0) is 28.4. The smallest absolute Gasteiger partial charge is 0.323 e. The summed E-state index contributed by atoms with van der Waals surface area (Å²) in [5.74, 6) is 0. The number of hydrogen-bond donors (Lipinski definition) is 1. The number of benzene rings is 3. The normalized spacial score (nSPS) is 11.6. The first-order valence-electron chi connectivity index (χ1n) is 12.8. The third-order valence-electron chi connectivity index (χ3n) is 6.44. The van der Waals surface area contributed by atoms with Crippen molar-refractivity contribution in [1.82, 2.24) is 18.7 Å². The fourth-order valence-electron chi connectivity index (χ4n) is 4.57. The Hall–Kier alpha value is -4.63. The molecule has 0 aliphatic carbocycles. The van der Waals surface area contributed by atoms with Crippen molar-refractivity contribution in [2.45, 2.75) is 32.9 Å². The van der Waals surface area contributed by atoms with E-state index in [9.17, 15) is 9.59 Å². The Morgan fingerprint density at radius 2 is 1.57 bits per heavy atom. The maximum atomic E-state index is 14.2.